The van der Waals surface area contributed by atoms with Crippen molar-refractivity contribution in [2.24, 2.45) is 0 Å². The normalized spacial score (nSPS) is 26.9. The number of hydrogen-bond donors (Lipinski definition) is 1. The van der Waals surface area contributed by atoms with E-state index in [1.807, 2.05) is 0 Å². The van der Waals surface area contributed by atoms with E-state index in [1.54, 1.807) is 42.5 Å². The summed E-state index contributed by atoms with van der Waals surface area (Å²) in [5, 5.41) is 22.6. The summed E-state index contributed by atoms with van der Waals surface area (Å²) >= 11 is 9.02. The van der Waals surface area contributed by atoms with E-state index in [9.17, 15) is 15.2 Å². The Labute approximate surface area is 139 Å². The van der Waals surface area contributed by atoms with Gasteiger partial charge in [-0.05, 0) is 18.2 Å². The van der Waals surface area contributed by atoms with E-state index >= 15 is 0 Å². The van der Waals surface area contributed by atoms with Crippen LogP contribution < -0.4 is 4.74 Å². The van der Waals surface area contributed by atoms with Gasteiger partial charge in [-0.2, -0.15) is 0 Å². The van der Waals surface area contributed by atoms with Crippen molar-refractivity contribution in [3.8, 4) is 5.75 Å². The molecule has 1 heterocycles. The molecule has 2 aromatic rings. The number of rotatable bonds is 2. The standard InChI is InChI=1S/C15H11BrClNO4/c16-15(18(20)21)13(19)11-8-10(17)6-7-12(11)22-14(15)9-4-2-1-3-5-9/h1-8,13-14,19H/t13-,14-,15+/m0/s1. The third-order valence-corrected chi connectivity index (χ3v) is 5.02. The predicted molar refractivity (Wildman–Crippen MR) is 84.9 cm³/mol. The lowest BCUT2D eigenvalue weighted by Gasteiger charge is -2.37. The molecule has 0 amide bonds. The molecule has 22 heavy (non-hydrogen) atoms. The minimum atomic E-state index is -1.90. The highest BCUT2D eigenvalue weighted by atomic mass is 79.9. The van der Waals surface area contributed by atoms with Crippen LogP contribution in [0.25, 0.3) is 0 Å². The minimum absolute atomic E-state index is 0.285. The molecule has 7 heteroatoms. The Kier molecular flexibility index (Phi) is 3.84. The fourth-order valence-electron chi connectivity index (χ4n) is 2.54. The van der Waals surface area contributed by atoms with Gasteiger partial charge in [0.25, 0.3) is 0 Å². The fraction of sp³-hybridized carbons (Fsp3) is 0.200. The number of nitrogens with zero attached hydrogens (tertiary/aromatic N) is 1. The zero-order valence-electron chi connectivity index (χ0n) is 11.1. The molecule has 1 N–H and O–H groups in total. The summed E-state index contributed by atoms with van der Waals surface area (Å²) in [4.78, 5) is 11.1. The van der Waals surface area contributed by atoms with Crippen LogP contribution in [-0.4, -0.2) is 14.5 Å². The smallest absolute Gasteiger partial charge is 0.344 e. The summed E-state index contributed by atoms with van der Waals surface area (Å²) in [6, 6.07) is 13.5. The van der Waals surface area contributed by atoms with Crippen molar-refractivity contribution in [3.05, 3.63) is 74.8 Å². The molecule has 3 atom stereocenters. The number of aliphatic hydroxyl groups is 1. The van der Waals surface area contributed by atoms with Gasteiger partial charge in [-0.15, -0.1) is 0 Å². The van der Waals surface area contributed by atoms with E-state index in [0.29, 0.717) is 16.3 Å². The Hall–Kier alpha value is -1.63. The summed E-state index contributed by atoms with van der Waals surface area (Å²) in [5.41, 5.74) is 0.879. The van der Waals surface area contributed by atoms with Gasteiger partial charge in [0.2, 0.25) is 6.10 Å². The van der Waals surface area contributed by atoms with Gasteiger partial charge < -0.3 is 9.84 Å². The molecule has 1 aliphatic heterocycles. The Morgan fingerprint density at radius 3 is 2.59 bits per heavy atom. The van der Waals surface area contributed by atoms with E-state index in [0.717, 1.165) is 0 Å². The van der Waals surface area contributed by atoms with E-state index in [-0.39, 0.29) is 5.56 Å². The van der Waals surface area contributed by atoms with Crippen molar-refractivity contribution in [1.82, 2.24) is 0 Å². The molecular formula is C15H11BrClNO4. The monoisotopic (exact) mass is 383 g/mol. The molecule has 114 valence electrons. The molecular weight excluding hydrogens is 374 g/mol. The van der Waals surface area contributed by atoms with Crippen LogP contribution in [0.3, 0.4) is 0 Å². The molecule has 0 unspecified atom stereocenters. The van der Waals surface area contributed by atoms with Gasteiger partial charge in [-0.25, -0.2) is 0 Å². The van der Waals surface area contributed by atoms with E-state index in [1.165, 1.54) is 6.07 Å². The van der Waals surface area contributed by atoms with Crippen molar-refractivity contribution in [2.45, 2.75) is 16.7 Å². The first kappa shape index (κ1) is 15.3. The molecule has 0 aliphatic carbocycles. The van der Waals surface area contributed by atoms with Gasteiger partial charge >= 0.3 is 4.45 Å². The van der Waals surface area contributed by atoms with Crippen molar-refractivity contribution < 1.29 is 14.8 Å². The molecule has 0 fully saturated rings. The first-order chi connectivity index (χ1) is 10.4. The van der Waals surface area contributed by atoms with Gasteiger partial charge in [-0.3, -0.25) is 10.1 Å². The summed E-state index contributed by atoms with van der Waals surface area (Å²) < 4.78 is 3.92. The minimum Gasteiger partial charge on any atom is -0.477 e. The molecule has 2 aromatic carbocycles. The topological polar surface area (TPSA) is 72.6 Å². The third kappa shape index (κ3) is 2.27. The lowest BCUT2D eigenvalue weighted by Crippen LogP contribution is -2.48. The first-order valence-electron chi connectivity index (χ1n) is 6.47. The molecule has 0 saturated heterocycles. The maximum absolute atomic E-state index is 11.7. The Balaban J connectivity index is 2.18. The highest BCUT2D eigenvalue weighted by Gasteiger charge is 2.60. The average molecular weight is 385 g/mol. The Morgan fingerprint density at radius 1 is 1.27 bits per heavy atom. The second-order valence-electron chi connectivity index (χ2n) is 4.98. The second kappa shape index (κ2) is 5.53. The SMILES string of the molecule is O=[N+]([O-])[C@]1(Br)[C@@H](O)c2cc(Cl)ccc2O[C@H]1c1ccccc1. The molecule has 1 aliphatic rings. The van der Waals surface area contributed by atoms with E-state index < -0.39 is 21.6 Å². The van der Waals surface area contributed by atoms with Crippen LogP contribution >= 0.6 is 27.5 Å². The second-order valence-corrected chi connectivity index (χ2v) is 6.68. The van der Waals surface area contributed by atoms with Crippen LogP contribution in [0, 0.1) is 10.1 Å². The number of aliphatic hydroxyl groups excluding tert-OH is 1. The van der Waals surface area contributed by atoms with Crippen LogP contribution in [0.2, 0.25) is 5.02 Å². The van der Waals surface area contributed by atoms with Gasteiger partial charge in [-0.1, -0.05) is 41.9 Å². The summed E-state index contributed by atoms with van der Waals surface area (Å²) in [6.45, 7) is 0. The zero-order chi connectivity index (χ0) is 15.9. The molecule has 5 nitrogen and oxygen atoms in total. The highest BCUT2D eigenvalue weighted by molar-refractivity contribution is 9.10. The Morgan fingerprint density at radius 2 is 1.95 bits per heavy atom. The van der Waals surface area contributed by atoms with Crippen LogP contribution in [0.5, 0.6) is 5.75 Å². The van der Waals surface area contributed by atoms with Crippen molar-refractivity contribution in [2.75, 3.05) is 0 Å². The van der Waals surface area contributed by atoms with E-state index in [4.69, 9.17) is 16.3 Å². The van der Waals surface area contributed by atoms with Crippen LogP contribution in [-0.2, 0) is 0 Å². The van der Waals surface area contributed by atoms with Gasteiger partial charge in [0.1, 0.15) is 5.75 Å². The Bertz CT molecular complexity index is 727. The quantitative estimate of drug-likeness (QED) is 0.369. The maximum Gasteiger partial charge on any atom is 0.344 e. The number of alkyl halides is 1. The lowest BCUT2D eigenvalue weighted by atomic mass is 9.90. The zero-order valence-corrected chi connectivity index (χ0v) is 13.5. The predicted octanol–water partition coefficient (Wildman–Crippen LogP) is 3.88. The van der Waals surface area contributed by atoms with E-state index in [2.05, 4.69) is 15.9 Å². The largest absolute Gasteiger partial charge is 0.477 e. The van der Waals surface area contributed by atoms with Crippen LogP contribution in [0.15, 0.2) is 48.5 Å². The molecule has 3 rings (SSSR count). The number of fused-ring (bicyclic) bond motifs is 1. The fourth-order valence-corrected chi connectivity index (χ4v) is 3.32. The number of nitro groups is 1. The number of hydrogen-bond acceptors (Lipinski definition) is 4. The molecule has 0 spiro atoms. The number of benzene rings is 2. The lowest BCUT2D eigenvalue weighted by molar-refractivity contribution is -0.563. The van der Waals surface area contributed by atoms with Crippen molar-refractivity contribution >= 4 is 27.5 Å². The number of ether oxygens (including phenoxy) is 1. The van der Waals surface area contributed by atoms with Crippen LogP contribution in [0.4, 0.5) is 0 Å². The summed E-state index contributed by atoms with van der Waals surface area (Å²) in [5.74, 6) is 0.377. The van der Waals surface area contributed by atoms with Gasteiger partial charge in [0.15, 0.2) is 6.10 Å². The van der Waals surface area contributed by atoms with Crippen molar-refractivity contribution in [3.63, 3.8) is 0 Å². The third-order valence-electron chi connectivity index (χ3n) is 3.64. The highest BCUT2D eigenvalue weighted by Crippen LogP contribution is 2.52. The summed E-state index contributed by atoms with van der Waals surface area (Å²) in [6.07, 6.45) is -2.39. The van der Waals surface area contributed by atoms with Crippen LogP contribution in [0.1, 0.15) is 23.3 Å². The molecule has 0 saturated carbocycles. The molecule has 0 aromatic heterocycles. The number of halogens is 2. The average Bonchev–Trinajstić information content (AvgIpc) is 2.52. The maximum atomic E-state index is 11.7. The van der Waals surface area contributed by atoms with Gasteiger partial charge in [0, 0.05) is 37.0 Å². The summed E-state index contributed by atoms with van der Waals surface area (Å²) in [7, 11) is 0. The first-order valence-corrected chi connectivity index (χ1v) is 7.64. The van der Waals surface area contributed by atoms with Gasteiger partial charge in [0.05, 0.1) is 0 Å². The molecule has 0 bridgehead atoms. The van der Waals surface area contributed by atoms with Crippen molar-refractivity contribution in [1.29, 1.82) is 0 Å². The molecule has 0 radical (unpaired) electrons.